The van der Waals surface area contributed by atoms with Crippen molar-refractivity contribution in [1.82, 2.24) is 24.5 Å². The van der Waals surface area contributed by atoms with Gasteiger partial charge in [0.2, 0.25) is 10.0 Å². The van der Waals surface area contributed by atoms with Crippen LogP contribution in [0.4, 0.5) is 0 Å². The first-order chi connectivity index (χ1) is 16.5. The average molecular weight is 490 g/mol. The van der Waals surface area contributed by atoms with Crippen LogP contribution in [0, 0.1) is 0 Å². The first kappa shape index (κ1) is 23.9. The van der Waals surface area contributed by atoms with Crippen LogP contribution in [0.15, 0.2) is 47.6 Å². The maximum atomic E-state index is 13.8. The van der Waals surface area contributed by atoms with Crippen molar-refractivity contribution in [3.05, 3.63) is 48.3 Å². The molecule has 2 aromatic carbocycles. The van der Waals surface area contributed by atoms with E-state index in [1.807, 2.05) is 6.07 Å². The number of aromatic nitrogens is 4. The Bertz CT molecular complexity index is 1210. The third-order valence-corrected chi connectivity index (χ3v) is 7.45. The highest BCUT2D eigenvalue weighted by Gasteiger charge is 2.31. The third kappa shape index (κ3) is 4.83. The Labute approximate surface area is 198 Å². The molecule has 1 saturated heterocycles. The average Bonchev–Trinajstić information content (AvgIpc) is 3.57. The molecular weight excluding hydrogens is 462 g/mol. The lowest BCUT2D eigenvalue weighted by molar-refractivity contribution is 0.0924. The highest BCUT2D eigenvalue weighted by Crippen LogP contribution is 2.34. The Morgan fingerprint density at radius 3 is 2.59 bits per heavy atom. The smallest absolute Gasteiger partial charge is 0.243 e. The van der Waals surface area contributed by atoms with Gasteiger partial charge in [0.15, 0.2) is 11.5 Å². The van der Waals surface area contributed by atoms with Crippen LogP contribution in [-0.4, -0.2) is 73.5 Å². The zero-order valence-corrected chi connectivity index (χ0v) is 20.1. The van der Waals surface area contributed by atoms with E-state index in [1.165, 1.54) is 41.7 Å². The summed E-state index contributed by atoms with van der Waals surface area (Å²) in [6.45, 7) is 0.912. The van der Waals surface area contributed by atoms with E-state index >= 15 is 0 Å². The minimum Gasteiger partial charge on any atom is -0.494 e. The number of rotatable bonds is 10. The molecule has 0 spiro atoms. The monoisotopic (exact) mass is 489 g/mol. The van der Waals surface area contributed by atoms with Crippen molar-refractivity contribution >= 4 is 10.0 Å². The van der Waals surface area contributed by atoms with Crippen LogP contribution in [0.25, 0.3) is 5.69 Å². The normalized spacial score (nSPS) is 16.1. The zero-order chi connectivity index (χ0) is 24.1. The minimum atomic E-state index is -3.93. The molecule has 0 N–H and O–H groups in total. The van der Waals surface area contributed by atoms with Crippen LogP contribution in [0.3, 0.4) is 0 Å². The topological polar surface area (TPSA) is 118 Å². The lowest BCUT2D eigenvalue weighted by Crippen LogP contribution is -2.37. The predicted octanol–water partition coefficient (Wildman–Crippen LogP) is 2.06. The van der Waals surface area contributed by atoms with Gasteiger partial charge < -0.3 is 18.9 Å². The molecule has 0 saturated carbocycles. The molecule has 4 rings (SSSR count). The summed E-state index contributed by atoms with van der Waals surface area (Å²) in [5.41, 5.74) is 1.20. The second kappa shape index (κ2) is 10.4. The van der Waals surface area contributed by atoms with Crippen LogP contribution >= 0.6 is 0 Å². The number of nitrogens with zero attached hydrogens (tertiary/aromatic N) is 5. The summed E-state index contributed by atoms with van der Waals surface area (Å²) < 4.78 is 52.6. The van der Waals surface area contributed by atoms with Crippen molar-refractivity contribution in [2.45, 2.75) is 30.4 Å². The number of hydrogen-bond acceptors (Lipinski definition) is 9. The summed E-state index contributed by atoms with van der Waals surface area (Å²) in [6.07, 6.45) is 2.91. The van der Waals surface area contributed by atoms with Gasteiger partial charge in [0, 0.05) is 31.3 Å². The standard InChI is InChI=1S/C22H27N5O6S/c1-30-20-8-4-6-16(22(20)32-3)13-26(14-17-7-5-11-33-17)34(28,29)18-9-10-19(21(12-18)31-2)27-15-23-24-25-27/h4,6,8-10,12,15,17H,5,7,11,13-14H2,1-3H3/t17-/m0/s1. The first-order valence-electron chi connectivity index (χ1n) is 10.7. The molecule has 2 heterocycles. The van der Waals surface area contributed by atoms with Crippen LogP contribution in [0.2, 0.25) is 0 Å². The van der Waals surface area contributed by atoms with Crippen LogP contribution in [0.1, 0.15) is 18.4 Å². The first-order valence-corrected chi connectivity index (χ1v) is 12.1. The SMILES string of the molecule is COc1cc(S(=O)(=O)N(Cc2cccc(OC)c2OC)C[C@@H]2CCCO2)ccc1-n1cnnn1. The lowest BCUT2D eigenvalue weighted by atomic mass is 10.1. The molecule has 1 aromatic heterocycles. The largest absolute Gasteiger partial charge is 0.494 e. The Morgan fingerprint density at radius 2 is 1.94 bits per heavy atom. The van der Waals surface area contributed by atoms with Gasteiger partial charge in [-0.1, -0.05) is 12.1 Å². The summed E-state index contributed by atoms with van der Waals surface area (Å²) in [6, 6.07) is 9.98. The van der Waals surface area contributed by atoms with Crippen LogP contribution in [0.5, 0.6) is 17.2 Å². The van der Waals surface area contributed by atoms with Gasteiger partial charge in [-0.25, -0.2) is 8.42 Å². The number of tetrazole rings is 1. The fourth-order valence-electron chi connectivity index (χ4n) is 3.96. The van der Waals surface area contributed by atoms with E-state index in [0.29, 0.717) is 35.1 Å². The number of sulfonamides is 1. The number of methoxy groups -OCH3 is 3. The summed E-state index contributed by atoms with van der Waals surface area (Å²) in [5, 5.41) is 11.1. The van der Waals surface area contributed by atoms with E-state index in [2.05, 4.69) is 15.5 Å². The third-order valence-electron chi connectivity index (χ3n) is 5.65. The Morgan fingerprint density at radius 1 is 1.12 bits per heavy atom. The molecule has 34 heavy (non-hydrogen) atoms. The summed E-state index contributed by atoms with van der Waals surface area (Å²) in [4.78, 5) is 0.0843. The van der Waals surface area contributed by atoms with E-state index in [0.717, 1.165) is 12.8 Å². The molecule has 1 fully saturated rings. The van der Waals surface area contributed by atoms with Gasteiger partial charge in [-0.05, 0) is 41.5 Å². The highest BCUT2D eigenvalue weighted by molar-refractivity contribution is 7.89. The molecule has 3 aromatic rings. The van der Waals surface area contributed by atoms with E-state index in [-0.39, 0.29) is 24.1 Å². The van der Waals surface area contributed by atoms with Gasteiger partial charge in [-0.2, -0.15) is 8.99 Å². The molecule has 1 aliphatic heterocycles. The van der Waals surface area contributed by atoms with Gasteiger partial charge in [-0.15, -0.1) is 5.10 Å². The van der Waals surface area contributed by atoms with Crippen LogP contribution < -0.4 is 14.2 Å². The van der Waals surface area contributed by atoms with Crippen molar-refractivity contribution in [2.24, 2.45) is 0 Å². The van der Waals surface area contributed by atoms with E-state index in [4.69, 9.17) is 18.9 Å². The fourth-order valence-corrected chi connectivity index (χ4v) is 5.43. The molecule has 0 bridgehead atoms. The number of benzene rings is 2. The molecule has 1 atom stereocenters. The van der Waals surface area contributed by atoms with E-state index in [1.54, 1.807) is 25.3 Å². The van der Waals surface area contributed by atoms with Crippen molar-refractivity contribution in [3.8, 4) is 22.9 Å². The van der Waals surface area contributed by atoms with Crippen molar-refractivity contribution in [3.63, 3.8) is 0 Å². The predicted molar refractivity (Wildman–Crippen MR) is 122 cm³/mol. The minimum absolute atomic E-state index is 0.0830. The number of ether oxygens (including phenoxy) is 4. The van der Waals surface area contributed by atoms with E-state index in [9.17, 15) is 8.42 Å². The van der Waals surface area contributed by atoms with Crippen molar-refractivity contribution in [2.75, 3.05) is 34.5 Å². The maximum absolute atomic E-state index is 13.8. The molecule has 12 heteroatoms. The molecule has 0 amide bonds. The molecule has 182 valence electrons. The Hall–Kier alpha value is -3.22. The molecule has 0 aliphatic carbocycles. The Balaban J connectivity index is 1.72. The summed E-state index contributed by atoms with van der Waals surface area (Å²) >= 11 is 0. The number of para-hydroxylation sites is 1. The molecule has 0 radical (unpaired) electrons. The van der Waals surface area contributed by atoms with Crippen LogP contribution in [-0.2, 0) is 21.3 Å². The Kier molecular flexibility index (Phi) is 7.29. The van der Waals surface area contributed by atoms with Gasteiger partial charge >= 0.3 is 0 Å². The van der Waals surface area contributed by atoms with Gasteiger partial charge in [0.25, 0.3) is 0 Å². The van der Waals surface area contributed by atoms with Gasteiger partial charge in [0.05, 0.1) is 32.3 Å². The highest BCUT2D eigenvalue weighted by atomic mass is 32.2. The van der Waals surface area contributed by atoms with Gasteiger partial charge in [0.1, 0.15) is 17.8 Å². The fraction of sp³-hybridized carbons (Fsp3) is 0.409. The molecular formula is C22H27N5O6S. The van der Waals surface area contributed by atoms with Crippen molar-refractivity contribution in [1.29, 1.82) is 0 Å². The van der Waals surface area contributed by atoms with Gasteiger partial charge in [-0.3, -0.25) is 0 Å². The van der Waals surface area contributed by atoms with E-state index < -0.39 is 10.0 Å². The summed E-state index contributed by atoms with van der Waals surface area (Å²) in [5.74, 6) is 1.34. The van der Waals surface area contributed by atoms with Crippen molar-refractivity contribution < 1.29 is 27.4 Å². The number of hydrogen-bond donors (Lipinski definition) is 0. The maximum Gasteiger partial charge on any atom is 0.243 e. The lowest BCUT2D eigenvalue weighted by Gasteiger charge is -2.26. The second-order valence-electron chi connectivity index (χ2n) is 7.67. The molecule has 11 nitrogen and oxygen atoms in total. The molecule has 0 unspecified atom stereocenters. The zero-order valence-electron chi connectivity index (χ0n) is 19.2. The molecule has 1 aliphatic rings. The summed E-state index contributed by atoms with van der Waals surface area (Å²) in [7, 11) is 0.603. The quantitative estimate of drug-likeness (QED) is 0.422. The second-order valence-corrected chi connectivity index (χ2v) is 9.61.